The lowest BCUT2D eigenvalue weighted by Gasteiger charge is -2.30. The molecule has 0 bridgehead atoms. The number of aromatic nitrogens is 1. The van der Waals surface area contributed by atoms with Crippen LogP contribution in [-0.4, -0.2) is 45.8 Å². The highest BCUT2D eigenvalue weighted by atomic mass is 32.2. The molecule has 1 amide bonds. The van der Waals surface area contributed by atoms with Gasteiger partial charge >= 0.3 is 0 Å². The van der Waals surface area contributed by atoms with Gasteiger partial charge in [0.25, 0.3) is 0 Å². The van der Waals surface area contributed by atoms with E-state index < -0.39 is 0 Å². The van der Waals surface area contributed by atoms with Crippen LogP contribution in [0.1, 0.15) is 12.8 Å². The summed E-state index contributed by atoms with van der Waals surface area (Å²) < 4.78 is 0. The predicted molar refractivity (Wildman–Crippen MR) is 66.8 cm³/mol. The van der Waals surface area contributed by atoms with Crippen molar-refractivity contribution in [1.29, 1.82) is 0 Å². The summed E-state index contributed by atoms with van der Waals surface area (Å²) >= 11 is 1.51. The first-order valence-electron chi connectivity index (χ1n) is 5.74. The number of nitrogens with zero attached hydrogens (tertiary/aromatic N) is 2. The van der Waals surface area contributed by atoms with Crippen LogP contribution in [-0.2, 0) is 4.79 Å². The molecule has 1 saturated heterocycles. The highest BCUT2D eigenvalue weighted by molar-refractivity contribution is 8.00. The van der Waals surface area contributed by atoms with Crippen molar-refractivity contribution in [3.63, 3.8) is 0 Å². The Morgan fingerprint density at radius 2 is 2.29 bits per heavy atom. The standard InChI is InChI=1S/C12H16N2O2S/c15-10-2-1-7-14(8-10)12(16)9-17-11-3-5-13-6-4-11/h3-6,10,15H,1-2,7-9H2/t10-/m0/s1. The average molecular weight is 252 g/mol. The molecule has 0 aliphatic carbocycles. The smallest absolute Gasteiger partial charge is 0.233 e. The first-order valence-corrected chi connectivity index (χ1v) is 6.73. The fourth-order valence-electron chi connectivity index (χ4n) is 1.85. The van der Waals surface area contributed by atoms with Crippen LogP contribution < -0.4 is 0 Å². The Hall–Kier alpha value is -1.07. The van der Waals surface area contributed by atoms with Gasteiger partial charge in [-0.05, 0) is 25.0 Å². The number of carbonyl (C=O) groups excluding carboxylic acids is 1. The minimum absolute atomic E-state index is 0.102. The number of thioether (sulfide) groups is 1. The number of amides is 1. The van der Waals surface area contributed by atoms with E-state index in [9.17, 15) is 9.90 Å². The molecule has 5 heteroatoms. The maximum atomic E-state index is 11.9. The summed E-state index contributed by atoms with van der Waals surface area (Å²) in [5.41, 5.74) is 0. The molecule has 1 aliphatic heterocycles. The molecule has 0 unspecified atom stereocenters. The number of aliphatic hydroxyl groups excluding tert-OH is 1. The van der Waals surface area contributed by atoms with Crippen LogP contribution >= 0.6 is 11.8 Å². The zero-order valence-electron chi connectivity index (χ0n) is 9.58. The summed E-state index contributed by atoms with van der Waals surface area (Å²) in [5, 5.41) is 9.50. The third-order valence-corrected chi connectivity index (χ3v) is 3.76. The Labute approximate surface area is 105 Å². The van der Waals surface area contributed by atoms with Gasteiger partial charge in [0.15, 0.2) is 0 Å². The molecule has 0 aromatic carbocycles. The van der Waals surface area contributed by atoms with Gasteiger partial charge < -0.3 is 10.0 Å². The van der Waals surface area contributed by atoms with Gasteiger partial charge in [-0.2, -0.15) is 0 Å². The number of carbonyl (C=O) groups is 1. The summed E-state index contributed by atoms with van der Waals surface area (Å²) in [5.74, 6) is 0.530. The first-order chi connectivity index (χ1) is 8.25. The van der Waals surface area contributed by atoms with E-state index >= 15 is 0 Å². The minimum Gasteiger partial charge on any atom is -0.391 e. The predicted octanol–water partition coefficient (Wildman–Crippen LogP) is 1.16. The second-order valence-corrected chi connectivity index (χ2v) is 5.16. The third kappa shape index (κ3) is 3.71. The maximum absolute atomic E-state index is 11.9. The van der Waals surface area contributed by atoms with E-state index in [2.05, 4.69) is 4.98 Å². The van der Waals surface area contributed by atoms with Crippen molar-refractivity contribution in [3.05, 3.63) is 24.5 Å². The molecule has 0 spiro atoms. The van der Waals surface area contributed by atoms with Gasteiger partial charge in [-0.15, -0.1) is 11.8 Å². The Kier molecular flexibility index (Phi) is 4.39. The number of likely N-dealkylation sites (tertiary alicyclic amines) is 1. The largest absolute Gasteiger partial charge is 0.391 e. The van der Waals surface area contributed by atoms with Gasteiger partial charge in [-0.3, -0.25) is 9.78 Å². The van der Waals surface area contributed by atoms with Crippen LogP contribution in [0.25, 0.3) is 0 Å². The fourth-order valence-corrected chi connectivity index (χ4v) is 2.64. The van der Waals surface area contributed by atoms with Crippen LogP contribution in [0.5, 0.6) is 0 Å². The number of piperidine rings is 1. The number of β-amino-alcohol motifs (C(OH)–C–C–N with tert-alkyl or cyclic N) is 1. The number of rotatable bonds is 3. The van der Waals surface area contributed by atoms with E-state index in [1.807, 2.05) is 12.1 Å². The maximum Gasteiger partial charge on any atom is 0.233 e. The van der Waals surface area contributed by atoms with Crippen molar-refractivity contribution >= 4 is 17.7 Å². The fraction of sp³-hybridized carbons (Fsp3) is 0.500. The molecule has 17 heavy (non-hydrogen) atoms. The van der Waals surface area contributed by atoms with Crippen LogP contribution in [0.4, 0.5) is 0 Å². The molecule has 0 radical (unpaired) electrons. The quantitative estimate of drug-likeness (QED) is 0.820. The van der Waals surface area contributed by atoms with Gasteiger partial charge in [0.1, 0.15) is 0 Å². The molecule has 92 valence electrons. The zero-order chi connectivity index (χ0) is 12.1. The monoisotopic (exact) mass is 252 g/mol. The van der Waals surface area contributed by atoms with Crippen LogP contribution in [0.15, 0.2) is 29.4 Å². The van der Waals surface area contributed by atoms with Crippen molar-refractivity contribution in [2.45, 2.75) is 23.8 Å². The average Bonchev–Trinajstić information content (AvgIpc) is 2.37. The van der Waals surface area contributed by atoms with Gasteiger partial charge in [0, 0.05) is 30.4 Å². The molecule has 1 aliphatic rings. The number of hydrogen-bond donors (Lipinski definition) is 1. The van der Waals surface area contributed by atoms with Crippen molar-refractivity contribution in [1.82, 2.24) is 9.88 Å². The SMILES string of the molecule is O=C(CSc1ccncc1)N1CCC[C@H](O)C1. The van der Waals surface area contributed by atoms with E-state index in [0.717, 1.165) is 24.3 Å². The first kappa shape index (κ1) is 12.4. The van der Waals surface area contributed by atoms with E-state index in [-0.39, 0.29) is 12.0 Å². The number of hydrogen-bond acceptors (Lipinski definition) is 4. The van der Waals surface area contributed by atoms with Gasteiger partial charge in [-0.1, -0.05) is 0 Å². The van der Waals surface area contributed by atoms with Crippen molar-refractivity contribution < 1.29 is 9.90 Å². The summed E-state index contributed by atoms with van der Waals surface area (Å²) in [6.07, 6.45) is 4.79. The Morgan fingerprint density at radius 1 is 1.53 bits per heavy atom. The van der Waals surface area contributed by atoms with Gasteiger partial charge in [0.2, 0.25) is 5.91 Å². The third-order valence-electron chi connectivity index (χ3n) is 2.76. The van der Waals surface area contributed by atoms with E-state index in [0.29, 0.717) is 12.3 Å². The molecule has 1 atom stereocenters. The summed E-state index contributed by atoms with van der Waals surface area (Å²) in [7, 11) is 0. The van der Waals surface area contributed by atoms with Crippen molar-refractivity contribution in [2.75, 3.05) is 18.8 Å². The van der Waals surface area contributed by atoms with Gasteiger partial charge in [-0.25, -0.2) is 0 Å². The Balaban J connectivity index is 1.81. The van der Waals surface area contributed by atoms with E-state index in [4.69, 9.17) is 0 Å². The lowest BCUT2D eigenvalue weighted by molar-refractivity contribution is -0.131. The molecule has 2 rings (SSSR count). The molecular weight excluding hydrogens is 236 g/mol. The molecule has 1 aromatic rings. The topological polar surface area (TPSA) is 53.4 Å². The molecule has 0 saturated carbocycles. The molecule has 1 aromatic heterocycles. The Morgan fingerprint density at radius 3 is 3.00 bits per heavy atom. The molecular formula is C12H16N2O2S. The van der Waals surface area contributed by atoms with Crippen LogP contribution in [0, 0.1) is 0 Å². The molecule has 2 heterocycles. The van der Waals surface area contributed by atoms with Crippen LogP contribution in [0.3, 0.4) is 0 Å². The molecule has 1 fully saturated rings. The van der Waals surface area contributed by atoms with Crippen LogP contribution in [0.2, 0.25) is 0 Å². The lowest BCUT2D eigenvalue weighted by Crippen LogP contribution is -2.42. The molecule has 4 nitrogen and oxygen atoms in total. The second kappa shape index (κ2) is 6.02. The summed E-state index contributed by atoms with van der Waals surface area (Å²) in [6, 6.07) is 3.78. The van der Waals surface area contributed by atoms with E-state index in [1.54, 1.807) is 17.3 Å². The van der Waals surface area contributed by atoms with Crippen molar-refractivity contribution in [2.24, 2.45) is 0 Å². The minimum atomic E-state index is -0.348. The zero-order valence-corrected chi connectivity index (χ0v) is 10.4. The molecule has 1 N–H and O–H groups in total. The summed E-state index contributed by atoms with van der Waals surface area (Å²) in [4.78, 5) is 18.6. The van der Waals surface area contributed by atoms with Crippen molar-refractivity contribution in [3.8, 4) is 0 Å². The number of pyridine rings is 1. The summed E-state index contributed by atoms with van der Waals surface area (Å²) in [6.45, 7) is 1.25. The highest BCUT2D eigenvalue weighted by Crippen LogP contribution is 2.18. The second-order valence-electron chi connectivity index (χ2n) is 4.11. The lowest BCUT2D eigenvalue weighted by atomic mass is 10.1. The Bertz CT molecular complexity index is 372. The number of aliphatic hydroxyl groups is 1. The normalized spacial score (nSPS) is 20.3. The van der Waals surface area contributed by atoms with Gasteiger partial charge in [0.05, 0.1) is 11.9 Å². The van der Waals surface area contributed by atoms with E-state index in [1.165, 1.54) is 11.8 Å². The highest BCUT2D eigenvalue weighted by Gasteiger charge is 2.21.